The van der Waals surface area contributed by atoms with Crippen LogP contribution in [0.3, 0.4) is 0 Å². The molecule has 1 aliphatic carbocycles. The molecular weight excluding hydrogens is 412 g/mol. The first-order valence-corrected chi connectivity index (χ1v) is 8.41. The number of rotatable bonds is 5. The summed E-state index contributed by atoms with van der Waals surface area (Å²) in [7, 11) is 0. The number of aliphatic carboxylic acids is 1. The molecule has 106 valence electrons. The number of carboxylic acid groups (broad SMARTS) is 1. The number of carbonyl (C=O) groups is 1. The van der Waals surface area contributed by atoms with Crippen molar-refractivity contribution in [3.8, 4) is 11.4 Å². The van der Waals surface area contributed by atoms with Crippen LogP contribution < -0.4 is 0 Å². The molecule has 9 heteroatoms. The quantitative estimate of drug-likeness (QED) is 0.800. The van der Waals surface area contributed by atoms with Gasteiger partial charge >= 0.3 is 5.97 Å². The number of nitrogens with zero attached hydrogens (tertiary/aromatic N) is 4. The van der Waals surface area contributed by atoms with E-state index in [4.69, 9.17) is 5.11 Å². The highest BCUT2D eigenvalue weighted by molar-refractivity contribution is 9.12. The Morgan fingerprint density at radius 3 is 2.85 bits per heavy atom. The molecule has 20 heavy (non-hydrogen) atoms. The summed E-state index contributed by atoms with van der Waals surface area (Å²) in [6.07, 6.45) is 2.11. The molecule has 0 spiro atoms. The Balaban J connectivity index is 2.00. The van der Waals surface area contributed by atoms with Crippen molar-refractivity contribution < 1.29 is 9.90 Å². The average Bonchev–Trinajstić information content (AvgIpc) is 3.00. The van der Waals surface area contributed by atoms with Crippen molar-refractivity contribution in [3.63, 3.8) is 0 Å². The molecule has 2 aromatic heterocycles. The third kappa shape index (κ3) is 2.79. The molecule has 0 bridgehead atoms. The van der Waals surface area contributed by atoms with Gasteiger partial charge in [-0.05, 0) is 67.1 Å². The Bertz CT molecular complexity index is 653. The maximum absolute atomic E-state index is 11.1. The molecule has 2 heterocycles. The fourth-order valence-electron chi connectivity index (χ4n) is 2.20. The molecule has 1 aliphatic rings. The highest BCUT2D eigenvalue weighted by Gasteiger charge is 2.36. The third-order valence-electron chi connectivity index (χ3n) is 3.25. The van der Waals surface area contributed by atoms with Gasteiger partial charge < -0.3 is 5.11 Å². The van der Waals surface area contributed by atoms with E-state index in [0.717, 1.165) is 26.0 Å². The van der Waals surface area contributed by atoms with Gasteiger partial charge in [-0.3, -0.25) is 4.79 Å². The van der Waals surface area contributed by atoms with E-state index in [-0.39, 0.29) is 12.5 Å². The molecule has 0 amide bonds. The predicted octanol–water partition coefficient (Wildman–Crippen LogP) is 3.35. The summed E-state index contributed by atoms with van der Waals surface area (Å²) in [4.78, 5) is 11.1. The van der Waals surface area contributed by atoms with Gasteiger partial charge in [0.1, 0.15) is 0 Å². The van der Waals surface area contributed by atoms with Crippen LogP contribution in [0.5, 0.6) is 0 Å². The lowest BCUT2D eigenvalue weighted by atomic mass is 10.1. The van der Waals surface area contributed by atoms with E-state index in [1.54, 1.807) is 4.68 Å². The van der Waals surface area contributed by atoms with Crippen LogP contribution in [0.1, 0.15) is 25.3 Å². The van der Waals surface area contributed by atoms with Gasteiger partial charge in [-0.2, -0.15) is 0 Å². The van der Waals surface area contributed by atoms with Crippen LogP contribution in [0.2, 0.25) is 0 Å². The molecule has 1 N–H and O–H groups in total. The van der Waals surface area contributed by atoms with Crippen molar-refractivity contribution in [2.24, 2.45) is 5.92 Å². The monoisotopic (exact) mass is 420 g/mol. The molecule has 1 unspecified atom stereocenters. The number of hydrogen-bond donors (Lipinski definition) is 1. The molecule has 0 saturated heterocycles. The average molecular weight is 422 g/mol. The lowest BCUT2D eigenvalue weighted by Gasteiger charge is -2.15. The van der Waals surface area contributed by atoms with E-state index in [2.05, 4.69) is 47.4 Å². The second-order valence-corrected chi connectivity index (χ2v) is 8.44. The van der Waals surface area contributed by atoms with Crippen molar-refractivity contribution in [2.75, 3.05) is 0 Å². The van der Waals surface area contributed by atoms with E-state index in [1.165, 1.54) is 11.3 Å². The molecule has 0 aromatic carbocycles. The Labute approximate surface area is 135 Å². The number of halogens is 2. The van der Waals surface area contributed by atoms with Crippen molar-refractivity contribution in [2.45, 2.75) is 25.3 Å². The van der Waals surface area contributed by atoms with E-state index in [1.807, 2.05) is 6.07 Å². The van der Waals surface area contributed by atoms with E-state index in [0.29, 0.717) is 11.7 Å². The molecule has 2 aromatic rings. The Hall–Kier alpha value is -0.800. The number of aromatic nitrogens is 4. The molecule has 0 aliphatic heterocycles. The lowest BCUT2D eigenvalue weighted by Crippen LogP contribution is -2.18. The van der Waals surface area contributed by atoms with Gasteiger partial charge in [0.25, 0.3) is 0 Å². The zero-order valence-electron chi connectivity index (χ0n) is 10.2. The van der Waals surface area contributed by atoms with Gasteiger partial charge in [-0.25, -0.2) is 4.68 Å². The first-order chi connectivity index (χ1) is 9.56. The fourth-order valence-corrected chi connectivity index (χ4v) is 4.99. The molecule has 1 saturated carbocycles. The second-order valence-electron chi connectivity index (χ2n) is 4.69. The summed E-state index contributed by atoms with van der Waals surface area (Å²) in [5.74, 6) is 0.139. The SMILES string of the molecule is O=C(O)CC(C1CC1)n1nnnc1-c1cc(Br)sc1Br. The zero-order chi connectivity index (χ0) is 14.3. The molecule has 0 radical (unpaired) electrons. The van der Waals surface area contributed by atoms with Gasteiger partial charge in [0.05, 0.1) is 20.0 Å². The minimum Gasteiger partial charge on any atom is -0.481 e. The molecular formula is C11H10Br2N4O2S. The Morgan fingerprint density at radius 2 is 2.30 bits per heavy atom. The molecule has 1 fully saturated rings. The van der Waals surface area contributed by atoms with Crippen LogP contribution in [0.15, 0.2) is 13.6 Å². The summed E-state index contributed by atoms with van der Waals surface area (Å²) < 4.78 is 3.55. The van der Waals surface area contributed by atoms with E-state index >= 15 is 0 Å². The minimum atomic E-state index is -0.825. The van der Waals surface area contributed by atoms with Gasteiger partial charge in [0, 0.05) is 5.56 Å². The second kappa shape index (κ2) is 5.53. The van der Waals surface area contributed by atoms with Crippen LogP contribution in [0.4, 0.5) is 0 Å². The fraction of sp³-hybridized carbons (Fsp3) is 0.455. The van der Waals surface area contributed by atoms with Crippen molar-refractivity contribution in [3.05, 3.63) is 13.6 Å². The number of thiophene rings is 1. The van der Waals surface area contributed by atoms with Crippen LogP contribution in [-0.2, 0) is 4.79 Å². The first kappa shape index (κ1) is 14.2. The molecule has 1 atom stereocenters. The van der Waals surface area contributed by atoms with Crippen molar-refractivity contribution in [1.29, 1.82) is 0 Å². The number of hydrogen-bond acceptors (Lipinski definition) is 5. The summed E-state index contributed by atoms with van der Waals surface area (Å²) in [6.45, 7) is 0. The van der Waals surface area contributed by atoms with Crippen LogP contribution in [0.25, 0.3) is 11.4 Å². The summed E-state index contributed by atoms with van der Waals surface area (Å²) in [6, 6.07) is 1.75. The molecule has 3 rings (SSSR count). The highest BCUT2D eigenvalue weighted by Crippen LogP contribution is 2.44. The maximum Gasteiger partial charge on any atom is 0.305 e. The minimum absolute atomic E-state index is 0.0473. The Morgan fingerprint density at radius 1 is 1.55 bits per heavy atom. The van der Waals surface area contributed by atoms with Gasteiger partial charge in [-0.1, -0.05) is 0 Å². The van der Waals surface area contributed by atoms with Crippen LogP contribution >= 0.6 is 43.2 Å². The van der Waals surface area contributed by atoms with E-state index < -0.39 is 5.97 Å². The van der Waals surface area contributed by atoms with Gasteiger partial charge in [0.2, 0.25) is 0 Å². The normalized spacial score (nSPS) is 16.3. The summed E-state index contributed by atoms with van der Waals surface area (Å²) >= 11 is 8.45. The van der Waals surface area contributed by atoms with Crippen LogP contribution in [0, 0.1) is 5.92 Å². The van der Waals surface area contributed by atoms with Crippen LogP contribution in [-0.4, -0.2) is 31.3 Å². The first-order valence-electron chi connectivity index (χ1n) is 6.01. The standard InChI is InChI=1S/C11H10Br2N4O2S/c12-8-3-6(10(13)20-8)11-14-15-16-17(11)7(4-9(18)19)5-1-2-5/h3,5,7H,1-2,4H2,(H,18,19). The van der Waals surface area contributed by atoms with Crippen molar-refractivity contribution in [1.82, 2.24) is 20.2 Å². The lowest BCUT2D eigenvalue weighted by molar-refractivity contribution is -0.138. The topological polar surface area (TPSA) is 80.9 Å². The van der Waals surface area contributed by atoms with E-state index in [9.17, 15) is 4.79 Å². The predicted molar refractivity (Wildman–Crippen MR) is 80.5 cm³/mol. The largest absolute Gasteiger partial charge is 0.481 e. The van der Waals surface area contributed by atoms with Gasteiger partial charge in [-0.15, -0.1) is 16.4 Å². The molecule has 6 nitrogen and oxygen atoms in total. The zero-order valence-corrected chi connectivity index (χ0v) is 14.2. The van der Waals surface area contributed by atoms with Gasteiger partial charge in [0.15, 0.2) is 5.82 Å². The third-order valence-corrected chi connectivity index (χ3v) is 5.59. The maximum atomic E-state index is 11.1. The number of tetrazole rings is 1. The summed E-state index contributed by atoms with van der Waals surface area (Å²) in [5.41, 5.74) is 0.878. The number of carboxylic acids is 1. The smallest absolute Gasteiger partial charge is 0.305 e. The summed E-state index contributed by atoms with van der Waals surface area (Å²) in [5, 5.41) is 20.9. The van der Waals surface area contributed by atoms with Crippen molar-refractivity contribution >= 4 is 49.2 Å². The Kier molecular flexibility index (Phi) is 3.91. The highest BCUT2D eigenvalue weighted by atomic mass is 79.9.